The summed E-state index contributed by atoms with van der Waals surface area (Å²) in [6, 6.07) is 3.74. The minimum Gasteiger partial charge on any atom is -0.444 e. The molecule has 0 heterocycles. The number of amides is 1. The van der Waals surface area contributed by atoms with Gasteiger partial charge in [-0.3, -0.25) is 4.90 Å². The van der Waals surface area contributed by atoms with E-state index in [-0.39, 0.29) is 10.6 Å². The van der Waals surface area contributed by atoms with Crippen molar-refractivity contribution in [2.24, 2.45) is 0 Å². The lowest BCUT2D eigenvalue weighted by atomic mass is 9.92. The molecule has 6 heteroatoms. The lowest BCUT2D eigenvalue weighted by molar-refractivity contribution is -0.117. The molecule has 0 aliphatic heterocycles. The molecule has 0 radical (unpaired) electrons. The molecule has 4 nitrogen and oxygen atoms in total. The number of nitrogens with zero attached hydrogens (tertiary/aromatic N) is 1. The molecule has 1 aromatic carbocycles. The number of hydrogen-bond donors (Lipinski definition) is 0. The van der Waals surface area contributed by atoms with Gasteiger partial charge in [-0.25, -0.2) is 9.18 Å². The van der Waals surface area contributed by atoms with Crippen molar-refractivity contribution in [3.63, 3.8) is 0 Å². The maximum atomic E-state index is 13.5. The third kappa shape index (κ3) is 4.17. The molecule has 0 N–H and O–H groups in total. The van der Waals surface area contributed by atoms with Crippen LogP contribution in [-0.4, -0.2) is 29.9 Å². The van der Waals surface area contributed by atoms with Gasteiger partial charge in [0, 0.05) is 12.1 Å². The molecule has 116 valence electrons. The van der Waals surface area contributed by atoms with Gasteiger partial charge in [0.05, 0.1) is 0 Å². The van der Waals surface area contributed by atoms with Gasteiger partial charge in [0.15, 0.2) is 0 Å². The fourth-order valence-electron chi connectivity index (χ4n) is 1.71. The van der Waals surface area contributed by atoms with Gasteiger partial charge in [0.1, 0.15) is 23.2 Å². The van der Waals surface area contributed by atoms with Gasteiger partial charge in [0.2, 0.25) is 0 Å². The smallest absolute Gasteiger partial charge is 0.411 e. The first-order chi connectivity index (χ1) is 9.49. The number of likely N-dealkylation sites (N-methyl/N-ethyl adjacent to an activating group) is 1. The fraction of sp³-hybridized carbons (Fsp3) is 0.467. The molecule has 1 amide bonds. The summed E-state index contributed by atoms with van der Waals surface area (Å²) in [6.07, 6.45) is -0.125. The SMILES string of the molecule is CN(C(=O)OC(C)(C)C)C(C)(C=O)c1cc(F)cc(Cl)c1. The molecular weight excluding hydrogens is 297 g/mol. The van der Waals surface area contributed by atoms with Crippen LogP contribution < -0.4 is 0 Å². The summed E-state index contributed by atoms with van der Waals surface area (Å²) < 4.78 is 18.7. The first kappa shape index (κ1) is 17.4. The van der Waals surface area contributed by atoms with Gasteiger partial charge in [-0.2, -0.15) is 0 Å². The van der Waals surface area contributed by atoms with E-state index < -0.39 is 23.1 Å². The lowest BCUT2D eigenvalue weighted by Crippen LogP contribution is -2.48. The zero-order valence-corrected chi connectivity index (χ0v) is 13.5. The van der Waals surface area contributed by atoms with Gasteiger partial charge in [-0.15, -0.1) is 0 Å². The number of rotatable bonds is 3. The average molecular weight is 316 g/mol. The highest BCUT2D eigenvalue weighted by molar-refractivity contribution is 6.30. The van der Waals surface area contributed by atoms with E-state index in [0.717, 1.165) is 11.0 Å². The van der Waals surface area contributed by atoms with Crippen LogP contribution in [0.15, 0.2) is 18.2 Å². The summed E-state index contributed by atoms with van der Waals surface area (Å²) in [4.78, 5) is 24.8. The molecule has 0 saturated carbocycles. The van der Waals surface area contributed by atoms with E-state index in [9.17, 15) is 14.0 Å². The molecule has 1 aromatic rings. The van der Waals surface area contributed by atoms with E-state index in [2.05, 4.69) is 0 Å². The second-order valence-corrected chi connectivity index (χ2v) is 6.40. The van der Waals surface area contributed by atoms with Crippen molar-refractivity contribution in [1.82, 2.24) is 4.90 Å². The maximum absolute atomic E-state index is 13.5. The second kappa shape index (κ2) is 6.02. The molecule has 1 rings (SSSR count). The van der Waals surface area contributed by atoms with Crippen molar-refractivity contribution in [2.45, 2.75) is 38.8 Å². The lowest BCUT2D eigenvalue weighted by Gasteiger charge is -2.35. The van der Waals surface area contributed by atoms with Crippen LogP contribution in [0.3, 0.4) is 0 Å². The number of carbonyl (C=O) groups is 2. The van der Waals surface area contributed by atoms with Gasteiger partial charge in [-0.05, 0) is 51.5 Å². The number of aldehydes is 1. The highest BCUT2D eigenvalue weighted by Crippen LogP contribution is 2.29. The Kier molecular flexibility index (Phi) is 4.99. The maximum Gasteiger partial charge on any atom is 0.411 e. The first-order valence-corrected chi connectivity index (χ1v) is 6.77. The quantitative estimate of drug-likeness (QED) is 0.798. The zero-order valence-electron chi connectivity index (χ0n) is 12.7. The van der Waals surface area contributed by atoms with E-state index in [4.69, 9.17) is 16.3 Å². The molecule has 0 spiro atoms. The van der Waals surface area contributed by atoms with Crippen LogP contribution in [0, 0.1) is 5.82 Å². The van der Waals surface area contributed by atoms with Crippen LogP contribution in [0.2, 0.25) is 5.02 Å². The molecular formula is C15H19ClFNO3. The third-order valence-electron chi connectivity index (χ3n) is 3.04. The predicted octanol–water partition coefficient (Wildman–Crippen LogP) is 3.76. The van der Waals surface area contributed by atoms with E-state index in [1.54, 1.807) is 20.8 Å². The summed E-state index contributed by atoms with van der Waals surface area (Å²) in [7, 11) is 1.42. The van der Waals surface area contributed by atoms with Crippen molar-refractivity contribution in [2.75, 3.05) is 7.05 Å². The van der Waals surface area contributed by atoms with Crippen molar-refractivity contribution < 1.29 is 18.7 Å². The molecule has 0 aliphatic rings. The molecule has 0 saturated heterocycles. The fourth-order valence-corrected chi connectivity index (χ4v) is 1.93. The van der Waals surface area contributed by atoms with Gasteiger partial charge < -0.3 is 9.53 Å². The Balaban J connectivity index is 3.19. The summed E-state index contributed by atoms with van der Waals surface area (Å²) >= 11 is 5.81. The second-order valence-electron chi connectivity index (χ2n) is 5.96. The molecule has 1 atom stereocenters. The van der Waals surface area contributed by atoms with Crippen molar-refractivity contribution >= 4 is 24.0 Å². The van der Waals surface area contributed by atoms with Crippen molar-refractivity contribution in [1.29, 1.82) is 0 Å². The summed E-state index contributed by atoms with van der Waals surface area (Å²) in [5, 5.41) is 0.149. The average Bonchev–Trinajstić information content (AvgIpc) is 2.33. The van der Waals surface area contributed by atoms with Gasteiger partial charge >= 0.3 is 6.09 Å². The number of ether oxygens (including phenoxy) is 1. The van der Waals surface area contributed by atoms with Gasteiger partial charge in [-0.1, -0.05) is 11.6 Å². The minimum absolute atomic E-state index is 0.149. The summed E-state index contributed by atoms with van der Waals surface area (Å²) in [5.41, 5.74) is -1.81. The molecule has 0 fully saturated rings. The topological polar surface area (TPSA) is 46.6 Å². The first-order valence-electron chi connectivity index (χ1n) is 6.39. The Labute approximate surface area is 128 Å². The standard InChI is InChI=1S/C15H19ClFNO3/c1-14(2,3)21-13(20)18(5)15(4,9-19)10-6-11(16)8-12(17)7-10/h6-9H,1-5H3. The van der Waals surface area contributed by atoms with Crippen molar-refractivity contribution in [3.8, 4) is 0 Å². The Morgan fingerprint density at radius 3 is 2.29 bits per heavy atom. The Morgan fingerprint density at radius 1 is 1.29 bits per heavy atom. The number of halogens is 2. The van der Waals surface area contributed by atoms with Crippen LogP contribution in [0.4, 0.5) is 9.18 Å². The largest absolute Gasteiger partial charge is 0.444 e. The minimum atomic E-state index is -1.38. The molecule has 1 unspecified atom stereocenters. The normalized spacial score (nSPS) is 14.2. The Hall–Kier alpha value is -1.62. The number of carbonyl (C=O) groups excluding carboxylic acids is 2. The number of hydrogen-bond acceptors (Lipinski definition) is 3. The summed E-state index contributed by atoms with van der Waals surface area (Å²) in [5.74, 6) is -0.580. The highest BCUT2D eigenvalue weighted by Gasteiger charge is 2.37. The van der Waals surface area contributed by atoms with E-state index >= 15 is 0 Å². The zero-order chi connectivity index (χ0) is 16.4. The third-order valence-corrected chi connectivity index (χ3v) is 3.26. The Morgan fingerprint density at radius 2 is 1.86 bits per heavy atom. The van der Waals surface area contributed by atoms with Crippen LogP contribution >= 0.6 is 11.6 Å². The van der Waals surface area contributed by atoms with E-state index in [0.29, 0.717) is 6.29 Å². The monoisotopic (exact) mass is 315 g/mol. The highest BCUT2D eigenvalue weighted by atomic mass is 35.5. The van der Waals surface area contributed by atoms with Crippen LogP contribution in [0.25, 0.3) is 0 Å². The van der Waals surface area contributed by atoms with E-state index in [1.165, 1.54) is 26.1 Å². The molecule has 21 heavy (non-hydrogen) atoms. The number of benzene rings is 1. The van der Waals surface area contributed by atoms with E-state index in [1.807, 2.05) is 0 Å². The molecule has 0 aliphatic carbocycles. The van der Waals surface area contributed by atoms with Gasteiger partial charge in [0.25, 0.3) is 0 Å². The van der Waals surface area contributed by atoms with Crippen molar-refractivity contribution in [3.05, 3.63) is 34.6 Å². The molecule has 0 bridgehead atoms. The summed E-state index contributed by atoms with van der Waals surface area (Å²) in [6.45, 7) is 6.65. The molecule has 0 aromatic heterocycles. The Bertz CT molecular complexity index is 536. The van der Waals surface area contributed by atoms with Crippen LogP contribution in [-0.2, 0) is 15.1 Å². The van der Waals surface area contributed by atoms with Crippen LogP contribution in [0.1, 0.15) is 33.3 Å². The van der Waals surface area contributed by atoms with Crippen LogP contribution in [0.5, 0.6) is 0 Å². The predicted molar refractivity (Wildman–Crippen MR) is 78.8 cm³/mol.